The van der Waals surface area contributed by atoms with Gasteiger partial charge in [0.25, 0.3) is 5.69 Å². The molecule has 2 rings (SSSR count). The SMILES string of the molecule is CC(=O)Nc1ccc(Sc2ccccc2[N+](=O)[O-])cc1. The van der Waals surface area contributed by atoms with Crippen molar-refractivity contribution in [2.75, 3.05) is 5.32 Å². The highest BCUT2D eigenvalue weighted by Gasteiger charge is 2.13. The van der Waals surface area contributed by atoms with E-state index in [0.717, 1.165) is 4.90 Å². The number of rotatable bonds is 4. The molecule has 0 saturated heterocycles. The topological polar surface area (TPSA) is 72.2 Å². The quantitative estimate of drug-likeness (QED) is 0.687. The number of nitro benzene ring substituents is 1. The third-order valence-electron chi connectivity index (χ3n) is 2.46. The summed E-state index contributed by atoms with van der Waals surface area (Å²) in [6.07, 6.45) is 0. The maximum atomic E-state index is 10.9. The summed E-state index contributed by atoms with van der Waals surface area (Å²) in [5.41, 5.74) is 0.785. The molecule has 0 aliphatic rings. The zero-order valence-electron chi connectivity index (χ0n) is 10.7. The van der Waals surface area contributed by atoms with Crippen molar-refractivity contribution in [3.05, 3.63) is 58.6 Å². The molecule has 0 atom stereocenters. The first-order valence-electron chi connectivity index (χ1n) is 5.85. The number of carbonyl (C=O) groups excluding carboxylic acids is 1. The van der Waals surface area contributed by atoms with Crippen molar-refractivity contribution in [2.45, 2.75) is 16.7 Å². The van der Waals surface area contributed by atoms with Gasteiger partial charge in [-0.2, -0.15) is 0 Å². The molecule has 5 nitrogen and oxygen atoms in total. The van der Waals surface area contributed by atoms with Crippen molar-refractivity contribution in [1.29, 1.82) is 0 Å². The first-order chi connectivity index (χ1) is 9.56. The molecule has 0 spiro atoms. The van der Waals surface area contributed by atoms with E-state index in [4.69, 9.17) is 0 Å². The van der Waals surface area contributed by atoms with Crippen LogP contribution in [0.3, 0.4) is 0 Å². The minimum Gasteiger partial charge on any atom is -0.326 e. The van der Waals surface area contributed by atoms with E-state index in [2.05, 4.69) is 5.32 Å². The van der Waals surface area contributed by atoms with Gasteiger partial charge in [-0.15, -0.1) is 0 Å². The highest BCUT2D eigenvalue weighted by atomic mass is 32.2. The monoisotopic (exact) mass is 288 g/mol. The minimum absolute atomic E-state index is 0.0865. The Hall–Kier alpha value is -2.34. The van der Waals surface area contributed by atoms with E-state index in [-0.39, 0.29) is 11.6 Å². The van der Waals surface area contributed by atoms with Gasteiger partial charge in [0.1, 0.15) is 0 Å². The largest absolute Gasteiger partial charge is 0.326 e. The summed E-state index contributed by atoms with van der Waals surface area (Å²) in [4.78, 5) is 22.9. The number of para-hydroxylation sites is 1. The van der Waals surface area contributed by atoms with Crippen LogP contribution in [0.25, 0.3) is 0 Å². The van der Waals surface area contributed by atoms with Crippen LogP contribution in [0.15, 0.2) is 58.3 Å². The summed E-state index contributed by atoms with van der Waals surface area (Å²) in [7, 11) is 0. The highest BCUT2D eigenvalue weighted by Crippen LogP contribution is 2.34. The van der Waals surface area contributed by atoms with Gasteiger partial charge in [0.05, 0.1) is 9.82 Å². The molecule has 0 aliphatic carbocycles. The molecule has 20 heavy (non-hydrogen) atoms. The summed E-state index contributed by atoms with van der Waals surface area (Å²) in [6, 6.07) is 13.7. The molecule has 0 bridgehead atoms. The van der Waals surface area contributed by atoms with Gasteiger partial charge in [-0.3, -0.25) is 14.9 Å². The Kier molecular flexibility index (Phi) is 4.37. The fourth-order valence-corrected chi connectivity index (χ4v) is 2.55. The number of nitrogens with zero attached hydrogens (tertiary/aromatic N) is 1. The zero-order chi connectivity index (χ0) is 14.5. The molecule has 0 aliphatic heterocycles. The lowest BCUT2D eigenvalue weighted by atomic mass is 10.3. The minimum atomic E-state index is -0.395. The molecule has 2 aromatic carbocycles. The van der Waals surface area contributed by atoms with Crippen LogP contribution < -0.4 is 5.32 Å². The average molecular weight is 288 g/mol. The fourth-order valence-electron chi connectivity index (χ4n) is 1.63. The average Bonchev–Trinajstić information content (AvgIpc) is 2.41. The highest BCUT2D eigenvalue weighted by molar-refractivity contribution is 7.99. The smallest absolute Gasteiger partial charge is 0.283 e. The summed E-state index contributed by atoms with van der Waals surface area (Å²) >= 11 is 1.32. The summed E-state index contributed by atoms with van der Waals surface area (Å²) in [5.74, 6) is -0.135. The second kappa shape index (κ2) is 6.21. The molecular weight excluding hydrogens is 276 g/mol. The van der Waals surface area contributed by atoms with Gasteiger partial charge in [-0.05, 0) is 30.3 Å². The Bertz CT molecular complexity index is 641. The number of benzene rings is 2. The van der Waals surface area contributed by atoms with Gasteiger partial charge >= 0.3 is 0 Å². The van der Waals surface area contributed by atoms with Gasteiger partial charge < -0.3 is 5.32 Å². The number of amides is 1. The normalized spacial score (nSPS) is 10.1. The molecule has 2 aromatic rings. The molecule has 1 amide bonds. The Balaban J connectivity index is 2.18. The lowest BCUT2D eigenvalue weighted by Crippen LogP contribution is -2.05. The first-order valence-corrected chi connectivity index (χ1v) is 6.67. The van der Waals surface area contributed by atoms with E-state index in [1.165, 1.54) is 24.8 Å². The molecule has 0 heterocycles. The third kappa shape index (κ3) is 3.58. The van der Waals surface area contributed by atoms with Gasteiger partial charge in [0.15, 0.2) is 0 Å². The molecule has 0 aromatic heterocycles. The van der Waals surface area contributed by atoms with Crippen molar-refractivity contribution >= 4 is 29.0 Å². The second-order valence-electron chi connectivity index (χ2n) is 4.03. The van der Waals surface area contributed by atoms with Crippen molar-refractivity contribution in [2.24, 2.45) is 0 Å². The van der Waals surface area contributed by atoms with Crippen molar-refractivity contribution in [1.82, 2.24) is 0 Å². The van der Waals surface area contributed by atoms with Gasteiger partial charge in [-0.1, -0.05) is 23.9 Å². The number of hydrogen-bond acceptors (Lipinski definition) is 4. The number of anilines is 1. The Morgan fingerprint density at radius 3 is 2.40 bits per heavy atom. The van der Waals surface area contributed by atoms with Crippen LogP contribution in [-0.2, 0) is 4.79 Å². The zero-order valence-corrected chi connectivity index (χ0v) is 11.5. The molecule has 0 radical (unpaired) electrons. The lowest BCUT2D eigenvalue weighted by Gasteiger charge is -2.05. The number of hydrogen-bond donors (Lipinski definition) is 1. The Morgan fingerprint density at radius 2 is 1.80 bits per heavy atom. The van der Waals surface area contributed by atoms with E-state index in [1.54, 1.807) is 30.3 Å². The molecule has 0 saturated carbocycles. The summed E-state index contributed by atoms with van der Waals surface area (Å²) in [5, 5.41) is 13.6. The van der Waals surface area contributed by atoms with Crippen LogP contribution in [0.4, 0.5) is 11.4 Å². The summed E-state index contributed by atoms with van der Waals surface area (Å²) < 4.78 is 0. The Morgan fingerprint density at radius 1 is 1.15 bits per heavy atom. The summed E-state index contributed by atoms with van der Waals surface area (Å²) in [6.45, 7) is 1.44. The molecule has 0 fully saturated rings. The van der Waals surface area contributed by atoms with Gasteiger partial charge in [-0.25, -0.2) is 0 Å². The van der Waals surface area contributed by atoms with E-state index in [0.29, 0.717) is 10.6 Å². The van der Waals surface area contributed by atoms with Crippen LogP contribution >= 0.6 is 11.8 Å². The fraction of sp³-hybridized carbons (Fsp3) is 0.0714. The van der Waals surface area contributed by atoms with Crippen molar-refractivity contribution in [3.63, 3.8) is 0 Å². The molecule has 1 N–H and O–H groups in total. The molecule has 0 unspecified atom stereocenters. The van der Waals surface area contributed by atoms with Crippen LogP contribution in [0, 0.1) is 10.1 Å². The predicted octanol–water partition coefficient (Wildman–Crippen LogP) is 3.70. The van der Waals surface area contributed by atoms with Crippen LogP contribution in [0.5, 0.6) is 0 Å². The van der Waals surface area contributed by atoms with Gasteiger partial charge in [0.2, 0.25) is 5.91 Å². The van der Waals surface area contributed by atoms with E-state index < -0.39 is 4.92 Å². The maximum absolute atomic E-state index is 10.9. The number of carbonyl (C=O) groups is 1. The van der Waals surface area contributed by atoms with Crippen LogP contribution in [0.2, 0.25) is 0 Å². The van der Waals surface area contributed by atoms with Crippen molar-refractivity contribution in [3.8, 4) is 0 Å². The maximum Gasteiger partial charge on any atom is 0.283 e. The number of nitro groups is 1. The van der Waals surface area contributed by atoms with Crippen molar-refractivity contribution < 1.29 is 9.72 Å². The Labute approximate surface area is 120 Å². The van der Waals surface area contributed by atoms with E-state index in [9.17, 15) is 14.9 Å². The number of nitrogens with one attached hydrogen (secondary N) is 1. The predicted molar refractivity (Wildman–Crippen MR) is 78.0 cm³/mol. The third-order valence-corrected chi connectivity index (χ3v) is 3.54. The lowest BCUT2D eigenvalue weighted by molar-refractivity contribution is -0.387. The molecular formula is C14H12N2O3S. The van der Waals surface area contributed by atoms with Crippen LogP contribution in [0.1, 0.15) is 6.92 Å². The molecule has 102 valence electrons. The van der Waals surface area contributed by atoms with Gasteiger partial charge in [0, 0.05) is 23.6 Å². The standard InChI is InChI=1S/C14H12N2O3S/c1-10(17)15-11-6-8-12(9-7-11)20-14-5-3-2-4-13(14)16(18)19/h2-9H,1H3,(H,15,17). The molecule has 6 heteroatoms. The van der Waals surface area contributed by atoms with Crippen LogP contribution in [-0.4, -0.2) is 10.8 Å². The second-order valence-corrected chi connectivity index (χ2v) is 5.15. The van der Waals surface area contributed by atoms with E-state index >= 15 is 0 Å². The van der Waals surface area contributed by atoms with E-state index in [1.807, 2.05) is 12.1 Å². The first kappa shape index (κ1) is 14.1.